The average Bonchev–Trinajstić information content (AvgIpc) is 2.73. The predicted octanol–water partition coefficient (Wildman–Crippen LogP) is 3.13. The van der Waals surface area contributed by atoms with E-state index in [4.69, 9.17) is 9.47 Å². The number of phenolic OH excluding ortho intramolecular Hbond substituents is 6. The van der Waals surface area contributed by atoms with Crippen molar-refractivity contribution in [2.45, 2.75) is 25.6 Å². The number of benzene rings is 3. The van der Waals surface area contributed by atoms with Crippen molar-refractivity contribution in [1.82, 2.24) is 0 Å². The van der Waals surface area contributed by atoms with Crippen LogP contribution in [0.1, 0.15) is 33.2 Å². The van der Waals surface area contributed by atoms with Crippen molar-refractivity contribution in [2.75, 3.05) is 0 Å². The SMILES string of the molecule is Cc1cc(C(=O)OC2Cc3c(O)cc(O)cc3OC2c2ccc(O)c(O)c2)cc(O)c1O. The molecule has 166 valence electrons. The number of hydrogen-bond donors (Lipinski definition) is 6. The highest BCUT2D eigenvalue weighted by Gasteiger charge is 2.37. The molecule has 0 radical (unpaired) electrons. The fraction of sp³-hybridized carbons (Fsp3) is 0.174. The van der Waals surface area contributed by atoms with Gasteiger partial charge in [0, 0.05) is 29.7 Å². The zero-order chi connectivity index (χ0) is 23.2. The summed E-state index contributed by atoms with van der Waals surface area (Å²) in [6, 6.07) is 8.85. The number of esters is 1. The molecule has 4 rings (SSSR count). The second-order valence-corrected chi connectivity index (χ2v) is 7.54. The second kappa shape index (κ2) is 7.77. The molecule has 0 bridgehead atoms. The van der Waals surface area contributed by atoms with Crippen LogP contribution in [-0.4, -0.2) is 42.7 Å². The van der Waals surface area contributed by atoms with E-state index in [2.05, 4.69) is 0 Å². The summed E-state index contributed by atoms with van der Waals surface area (Å²) in [5.41, 5.74) is 0.946. The molecule has 9 heteroatoms. The quantitative estimate of drug-likeness (QED) is 0.266. The third kappa shape index (κ3) is 3.76. The molecule has 0 amide bonds. The van der Waals surface area contributed by atoms with Crippen LogP contribution in [0.5, 0.6) is 40.2 Å². The number of carbonyl (C=O) groups excluding carboxylic acids is 1. The Hall–Kier alpha value is -4.27. The van der Waals surface area contributed by atoms with E-state index in [-0.39, 0.29) is 46.3 Å². The minimum absolute atomic E-state index is 0.00849. The van der Waals surface area contributed by atoms with Crippen molar-refractivity contribution in [3.05, 3.63) is 64.7 Å². The summed E-state index contributed by atoms with van der Waals surface area (Å²) in [5, 5.41) is 59.1. The minimum atomic E-state index is -0.981. The molecule has 1 aliphatic rings. The van der Waals surface area contributed by atoms with Crippen LogP contribution < -0.4 is 4.74 Å². The lowest BCUT2D eigenvalue weighted by Gasteiger charge is -2.34. The van der Waals surface area contributed by atoms with Crippen molar-refractivity contribution in [3.8, 4) is 40.2 Å². The molecule has 3 aromatic carbocycles. The van der Waals surface area contributed by atoms with Gasteiger partial charge in [-0.15, -0.1) is 0 Å². The van der Waals surface area contributed by atoms with E-state index in [1.807, 2.05) is 0 Å². The highest BCUT2D eigenvalue weighted by atomic mass is 16.6. The van der Waals surface area contributed by atoms with Gasteiger partial charge in [0.1, 0.15) is 23.4 Å². The van der Waals surface area contributed by atoms with Gasteiger partial charge >= 0.3 is 5.97 Å². The van der Waals surface area contributed by atoms with Crippen molar-refractivity contribution in [2.24, 2.45) is 0 Å². The lowest BCUT2D eigenvalue weighted by molar-refractivity contribution is -0.0188. The van der Waals surface area contributed by atoms with Gasteiger partial charge in [-0.25, -0.2) is 4.79 Å². The van der Waals surface area contributed by atoms with Gasteiger partial charge in [0.15, 0.2) is 29.1 Å². The molecule has 2 unspecified atom stereocenters. The molecule has 0 fully saturated rings. The monoisotopic (exact) mass is 440 g/mol. The molecule has 0 saturated carbocycles. The summed E-state index contributed by atoms with van der Waals surface area (Å²) in [7, 11) is 0. The van der Waals surface area contributed by atoms with E-state index >= 15 is 0 Å². The Bertz CT molecular complexity index is 1200. The first-order valence-electron chi connectivity index (χ1n) is 9.61. The molecular weight excluding hydrogens is 420 g/mol. The van der Waals surface area contributed by atoms with Gasteiger partial charge in [0.2, 0.25) is 0 Å². The number of fused-ring (bicyclic) bond motifs is 1. The van der Waals surface area contributed by atoms with E-state index in [1.165, 1.54) is 37.3 Å². The first-order chi connectivity index (χ1) is 15.1. The minimum Gasteiger partial charge on any atom is -0.508 e. The maximum absolute atomic E-state index is 12.8. The maximum atomic E-state index is 12.8. The van der Waals surface area contributed by atoms with Gasteiger partial charge in [-0.2, -0.15) is 0 Å². The van der Waals surface area contributed by atoms with Crippen LogP contribution in [0.25, 0.3) is 0 Å². The van der Waals surface area contributed by atoms with Crippen LogP contribution in [0.3, 0.4) is 0 Å². The molecular formula is C23H20O9. The summed E-state index contributed by atoms with van der Waals surface area (Å²) in [6.45, 7) is 1.51. The Morgan fingerprint density at radius 3 is 2.34 bits per heavy atom. The Labute approximate surface area is 182 Å². The van der Waals surface area contributed by atoms with Gasteiger partial charge in [-0.3, -0.25) is 0 Å². The number of phenols is 6. The summed E-state index contributed by atoms with van der Waals surface area (Å²) < 4.78 is 11.5. The summed E-state index contributed by atoms with van der Waals surface area (Å²) >= 11 is 0. The smallest absolute Gasteiger partial charge is 0.338 e. The molecule has 0 aliphatic carbocycles. The van der Waals surface area contributed by atoms with Crippen LogP contribution in [0.4, 0.5) is 0 Å². The fourth-order valence-corrected chi connectivity index (χ4v) is 3.64. The number of aryl methyl sites for hydroxylation is 1. The molecule has 9 nitrogen and oxygen atoms in total. The van der Waals surface area contributed by atoms with Gasteiger partial charge in [-0.05, 0) is 36.8 Å². The normalized spacial score (nSPS) is 17.3. The van der Waals surface area contributed by atoms with Gasteiger partial charge < -0.3 is 40.1 Å². The van der Waals surface area contributed by atoms with Crippen molar-refractivity contribution in [3.63, 3.8) is 0 Å². The second-order valence-electron chi connectivity index (χ2n) is 7.54. The molecule has 2 atom stereocenters. The number of aromatic hydroxyl groups is 6. The highest BCUT2D eigenvalue weighted by Crippen LogP contribution is 2.44. The van der Waals surface area contributed by atoms with Gasteiger partial charge in [0.05, 0.1) is 5.56 Å². The molecule has 0 saturated heterocycles. The summed E-state index contributed by atoms with van der Waals surface area (Å²) in [5.74, 6) is -2.68. The maximum Gasteiger partial charge on any atom is 0.338 e. The first kappa shape index (κ1) is 21.0. The Morgan fingerprint density at radius 1 is 0.906 bits per heavy atom. The molecule has 1 aliphatic heterocycles. The van der Waals surface area contributed by atoms with E-state index < -0.39 is 29.7 Å². The lowest BCUT2D eigenvalue weighted by atomic mass is 9.93. The zero-order valence-corrected chi connectivity index (χ0v) is 16.8. The summed E-state index contributed by atoms with van der Waals surface area (Å²) in [6.07, 6.45) is -1.92. The molecule has 1 heterocycles. The van der Waals surface area contributed by atoms with Gasteiger partial charge in [-0.1, -0.05) is 6.07 Å². The zero-order valence-electron chi connectivity index (χ0n) is 16.8. The van der Waals surface area contributed by atoms with Crippen molar-refractivity contribution in [1.29, 1.82) is 0 Å². The Balaban J connectivity index is 1.72. The summed E-state index contributed by atoms with van der Waals surface area (Å²) in [4.78, 5) is 12.8. The topological polar surface area (TPSA) is 157 Å². The Morgan fingerprint density at radius 2 is 1.66 bits per heavy atom. The van der Waals surface area contributed by atoms with E-state index in [0.717, 1.165) is 12.1 Å². The van der Waals surface area contributed by atoms with E-state index in [9.17, 15) is 35.4 Å². The largest absolute Gasteiger partial charge is 0.508 e. The van der Waals surface area contributed by atoms with E-state index in [0.29, 0.717) is 11.1 Å². The fourth-order valence-electron chi connectivity index (χ4n) is 3.64. The Kier molecular flexibility index (Phi) is 5.09. The number of hydrogen-bond acceptors (Lipinski definition) is 9. The van der Waals surface area contributed by atoms with Crippen LogP contribution in [0.15, 0.2) is 42.5 Å². The molecule has 0 aromatic heterocycles. The van der Waals surface area contributed by atoms with Crippen LogP contribution in [0, 0.1) is 6.92 Å². The first-order valence-corrected chi connectivity index (χ1v) is 9.61. The number of carbonyl (C=O) groups is 1. The standard InChI is InChI=1S/C23H20O9/c1-10-4-12(6-18(28)21(10)29)23(30)32-20-9-14-16(26)7-13(24)8-19(14)31-22(20)11-2-3-15(25)17(27)5-11/h2-8,20,22,24-29H,9H2,1H3. The van der Waals surface area contributed by atoms with Crippen LogP contribution in [-0.2, 0) is 11.2 Å². The third-order valence-electron chi connectivity index (χ3n) is 5.27. The van der Waals surface area contributed by atoms with Crippen molar-refractivity contribution < 1.29 is 44.9 Å². The van der Waals surface area contributed by atoms with E-state index in [1.54, 1.807) is 0 Å². The molecule has 0 spiro atoms. The van der Waals surface area contributed by atoms with Gasteiger partial charge in [0.25, 0.3) is 0 Å². The molecule has 3 aromatic rings. The molecule has 6 N–H and O–H groups in total. The van der Waals surface area contributed by atoms with Crippen LogP contribution >= 0.6 is 0 Å². The number of rotatable bonds is 3. The highest BCUT2D eigenvalue weighted by molar-refractivity contribution is 5.90. The van der Waals surface area contributed by atoms with Crippen LogP contribution in [0.2, 0.25) is 0 Å². The lowest BCUT2D eigenvalue weighted by Crippen LogP contribution is -2.34. The van der Waals surface area contributed by atoms with Crippen molar-refractivity contribution >= 4 is 5.97 Å². The average molecular weight is 440 g/mol. The third-order valence-corrected chi connectivity index (χ3v) is 5.27. The molecule has 32 heavy (non-hydrogen) atoms. The number of ether oxygens (including phenoxy) is 2. The predicted molar refractivity (Wildman–Crippen MR) is 110 cm³/mol.